The summed E-state index contributed by atoms with van der Waals surface area (Å²) in [5.41, 5.74) is 0.304. The van der Waals surface area contributed by atoms with Crippen molar-refractivity contribution in [3.63, 3.8) is 0 Å². The Bertz CT molecular complexity index is 656. The maximum absolute atomic E-state index is 11.7. The number of carbonyl (C=O) groups is 2. The summed E-state index contributed by atoms with van der Waals surface area (Å²) >= 11 is 5.75. The number of anilines is 1. The first kappa shape index (κ1) is 15.8. The number of hydrogen-bond acceptors (Lipinski definition) is 5. The number of benzene rings is 1. The number of rotatable bonds is 5. The second-order valence-electron chi connectivity index (χ2n) is 4.21. The van der Waals surface area contributed by atoms with Crippen molar-refractivity contribution >= 4 is 29.3 Å². The van der Waals surface area contributed by atoms with E-state index < -0.39 is 5.97 Å². The molecule has 0 atom stereocenters. The third-order valence-corrected chi connectivity index (χ3v) is 2.89. The molecule has 7 heteroatoms. The highest BCUT2D eigenvalue weighted by molar-refractivity contribution is 6.30. The molecule has 0 saturated carbocycles. The van der Waals surface area contributed by atoms with E-state index in [1.54, 1.807) is 24.3 Å². The fraction of sp³-hybridized carbons (Fsp3) is 0.133. The Morgan fingerprint density at radius 3 is 2.50 bits per heavy atom. The highest BCUT2D eigenvalue weighted by Crippen LogP contribution is 2.15. The van der Waals surface area contributed by atoms with E-state index >= 15 is 0 Å². The SMILES string of the molecule is COC(=O)c1ccc(NC(=O)COc2ccc(Cl)cc2)nc1. The molecule has 0 radical (unpaired) electrons. The summed E-state index contributed by atoms with van der Waals surface area (Å²) in [6, 6.07) is 9.68. The van der Waals surface area contributed by atoms with Crippen LogP contribution in [0, 0.1) is 0 Å². The van der Waals surface area contributed by atoms with Crippen molar-refractivity contribution in [3.8, 4) is 5.75 Å². The van der Waals surface area contributed by atoms with E-state index in [0.29, 0.717) is 22.2 Å². The van der Waals surface area contributed by atoms with Crippen LogP contribution in [-0.2, 0) is 9.53 Å². The molecular weight excluding hydrogens is 308 g/mol. The number of methoxy groups -OCH3 is 1. The van der Waals surface area contributed by atoms with Gasteiger partial charge in [-0.3, -0.25) is 4.79 Å². The molecular formula is C15H13ClN2O4. The number of carbonyl (C=O) groups excluding carboxylic acids is 2. The van der Waals surface area contributed by atoms with Gasteiger partial charge in [-0.05, 0) is 36.4 Å². The second kappa shape index (κ2) is 7.42. The molecule has 0 aliphatic heterocycles. The van der Waals surface area contributed by atoms with Gasteiger partial charge in [0.2, 0.25) is 0 Å². The van der Waals surface area contributed by atoms with E-state index in [4.69, 9.17) is 16.3 Å². The van der Waals surface area contributed by atoms with Gasteiger partial charge in [0.15, 0.2) is 6.61 Å². The summed E-state index contributed by atoms with van der Waals surface area (Å²) in [5.74, 6) is -0.00405. The molecule has 0 spiro atoms. The van der Waals surface area contributed by atoms with Crippen LogP contribution in [0.1, 0.15) is 10.4 Å². The molecule has 1 aromatic heterocycles. The van der Waals surface area contributed by atoms with Crippen molar-refractivity contribution in [2.45, 2.75) is 0 Å². The molecule has 0 aliphatic rings. The van der Waals surface area contributed by atoms with Crippen molar-refractivity contribution in [2.75, 3.05) is 19.0 Å². The Labute approximate surface area is 132 Å². The molecule has 1 amide bonds. The van der Waals surface area contributed by atoms with E-state index in [1.165, 1.54) is 25.4 Å². The molecule has 0 aliphatic carbocycles. The summed E-state index contributed by atoms with van der Waals surface area (Å²) < 4.78 is 9.86. The van der Waals surface area contributed by atoms with Gasteiger partial charge in [0.1, 0.15) is 11.6 Å². The molecule has 2 aromatic rings. The van der Waals surface area contributed by atoms with Gasteiger partial charge in [0, 0.05) is 11.2 Å². The lowest BCUT2D eigenvalue weighted by atomic mass is 10.3. The summed E-state index contributed by atoms with van der Waals surface area (Å²) in [5, 5.41) is 3.14. The number of ether oxygens (including phenoxy) is 2. The maximum atomic E-state index is 11.7. The Morgan fingerprint density at radius 1 is 1.18 bits per heavy atom. The van der Waals surface area contributed by atoms with Gasteiger partial charge in [0.25, 0.3) is 5.91 Å². The number of pyridine rings is 1. The average Bonchev–Trinajstić information content (AvgIpc) is 2.54. The van der Waals surface area contributed by atoms with Crippen molar-refractivity contribution in [1.82, 2.24) is 4.98 Å². The monoisotopic (exact) mass is 320 g/mol. The predicted octanol–water partition coefficient (Wildman–Crippen LogP) is 2.54. The molecule has 1 aromatic carbocycles. The Hall–Kier alpha value is -2.60. The average molecular weight is 321 g/mol. The third kappa shape index (κ3) is 4.46. The zero-order valence-corrected chi connectivity index (χ0v) is 12.5. The van der Waals surface area contributed by atoms with Crippen LogP contribution < -0.4 is 10.1 Å². The zero-order valence-electron chi connectivity index (χ0n) is 11.7. The zero-order chi connectivity index (χ0) is 15.9. The van der Waals surface area contributed by atoms with Gasteiger partial charge in [0.05, 0.1) is 12.7 Å². The number of esters is 1. The molecule has 0 unspecified atom stereocenters. The van der Waals surface area contributed by atoms with E-state index in [2.05, 4.69) is 15.0 Å². The Morgan fingerprint density at radius 2 is 1.91 bits per heavy atom. The first-order valence-electron chi connectivity index (χ1n) is 6.31. The normalized spacial score (nSPS) is 9.91. The summed E-state index contributed by atoms with van der Waals surface area (Å²) in [6.45, 7) is -0.165. The molecule has 1 N–H and O–H groups in total. The van der Waals surface area contributed by atoms with Crippen LogP contribution in [0.15, 0.2) is 42.6 Å². The molecule has 0 saturated heterocycles. The van der Waals surface area contributed by atoms with Gasteiger partial charge in [-0.2, -0.15) is 0 Å². The van der Waals surface area contributed by atoms with Gasteiger partial charge < -0.3 is 14.8 Å². The first-order valence-corrected chi connectivity index (χ1v) is 6.69. The van der Waals surface area contributed by atoms with Crippen molar-refractivity contribution in [3.05, 3.63) is 53.2 Å². The molecule has 114 valence electrons. The largest absolute Gasteiger partial charge is 0.484 e. The molecule has 22 heavy (non-hydrogen) atoms. The second-order valence-corrected chi connectivity index (χ2v) is 4.65. The number of amides is 1. The number of hydrogen-bond donors (Lipinski definition) is 1. The molecule has 1 heterocycles. The lowest BCUT2D eigenvalue weighted by Crippen LogP contribution is -2.20. The summed E-state index contributed by atoms with van der Waals surface area (Å²) in [7, 11) is 1.28. The molecule has 6 nitrogen and oxygen atoms in total. The van der Waals surface area contributed by atoms with Gasteiger partial charge in [-0.15, -0.1) is 0 Å². The fourth-order valence-electron chi connectivity index (χ4n) is 1.57. The fourth-order valence-corrected chi connectivity index (χ4v) is 1.69. The Balaban J connectivity index is 1.86. The quantitative estimate of drug-likeness (QED) is 0.857. The van der Waals surface area contributed by atoms with Crippen LogP contribution in [0.3, 0.4) is 0 Å². The molecule has 0 fully saturated rings. The maximum Gasteiger partial charge on any atom is 0.339 e. The van der Waals surface area contributed by atoms with E-state index in [9.17, 15) is 9.59 Å². The van der Waals surface area contributed by atoms with Crippen molar-refractivity contribution in [1.29, 1.82) is 0 Å². The van der Waals surface area contributed by atoms with Crippen LogP contribution >= 0.6 is 11.6 Å². The van der Waals surface area contributed by atoms with E-state index in [0.717, 1.165) is 0 Å². The third-order valence-electron chi connectivity index (χ3n) is 2.64. The lowest BCUT2D eigenvalue weighted by molar-refractivity contribution is -0.118. The highest BCUT2D eigenvalue weighted by atomic mass is 35.5. The van der Waals surface area contributed by atoms with E-state index in [-0.39, 0.29) is 12.5 Å². The topological polar surface area (TPSA) is 77.5 Å². The smallest absolute Gasteiger partial charge is 0.339 e. The van der Waals surface area contributed by atoms with Crippen molar-refractivity contribution < 1.29 is 19.1 Å². The Kier molecular flexibility index (Phi) is 5.32. The minimum Gasteiger partial charge on any atom is -0.484 e. The van der Waals surface area contributed by atoms with Gasteiger partial charge in [-0.25, -0.2) is 9.78 Å². The number of nitrogens with zero attached hydrogens (tertiary/aromatic N) is 1. The van der Waals surface area contributed by atoms with Crippen molar-refractivity contribution in [2.24, 2.45) is 0 Å². The van der Waals surface area contributed by atoms with E-state index in [1.807, 2.05) is 0 Å². The van der Waals surface area contributed by atoms with Gasteiger partial charge in [-0.1, -0.05) is 11.6 Å². The highest BCUT2D eigenvalue weighted by Gasteiger charge is 2.08. The van der Waals surface area contributed by atoms with Crippen LogP contribution in [0.25, 0.3) is 0 Å². The number of aromatic nitrogens is 1. The summed E-state index contributed by atoms with van der Waals surface area (Å²) in [6.07, 6.45) is 1.32. The lowest BCUT2D eigenvalue weighted by Gasteiger charge is -2.07. The summed E-state index contributed by atoms with van der Waals surface area (Å²) in [4.78, 5) is 26.9. The molecule has 2 rings (SSSR count). The minimum absolute atomic E-state index is 0.165. The van der Waals surface area contributed by atoms with Crippen LogP contribution in [0.4, 0.5) is 5.82 Å². The predicted molar refractivity (Wildman–Crippen MR) is 81.2 cm³/mol. The van der Waals surface area contributed by atoms with Crippen LogP contribution in [-0.4, -0.2) is 30.6 Å². The number of nitrogens with one attached hydrogen (secondary N) is 1. The standard InChI is InChI=1S/C15H13ClN2O4/c1-21-15(20)10-2-7-13(17-8-10)18-14(19)9-22-12-5-3-11(16)4-6-12/h2-8H,9H2,1H3,(H,17,18,19). The van der Waals surface area contributed by atoms with Crippen LogP contribution in [0.5, 0.6) is 5.75 Å². The minimum atomic E-state index is -0.489. The van der Waals surface area contributed by atoms with Gasteiger partial charge >= 0.3 is 5.97 Å². The molecule has 0 bridgehead atoms. The number of halogens is 1. The van der Waals surface area contributed by atoms with Crippen LogP contribution in [0.2, 0.25) is 5.02 Å². The first-order chi connectivity index (χ1) is 10.6.